The molecule has 1 N–H and O–H groups in total. The van der Waals surface area contributed by atoms with E-state index in [4.69, 9.17) is 0 Å². The van der Waals surface area contributed by atoms with E-state index in [1.54, 1.807) is 66.3 Å². The minimum Gasteiger partial charge on any atom is -0.508 e. The van der Waals surface area contributed by atoms with Crippen molar-refractivity contribution in [2.45, 2.75) is 13.0 Å². The smallest absolute Gasteiger partial charge is 0.251 e. The average molecular weight is 245 g/mol. The van der Waals surface area contributed by atoms with Gasteiger partial charge in [-0.15, -0.1) is 0 Å². The van der Waals surface area contributed by atoms with Gasteiger partial charge in [-0.25, -0.2) is 0 Å². The van der Waals surface area contributed by atoms with Gasteiger partial charge in [0.15, 0.2) is 0 Å². The molecule has 0 bridgehead atoms. The van der Waals surface area contributed by atoms with Crippen LogP contribution in [-0.2, 0) is 4.79 Å². The molecule has 0 radical (unpaired) electrons. The molecule has 0 fully saturated rings. The molecule has 0 aliphatic heterocycles. The number of rotatable bonds is 3. The molecule has 0 aliphatic carbocycles. The summed E-state index contributed by atoms with van der Waals surface area (Å²) in [5.41, 5.74) is 0.733. The average Bonchev–Trinajstić information content (AvgIpc) is 2.91. The number of nitrogens with zero attached hydrogens (tertiary/aromatic N) is 3. The molecular formula is C13H15N3O2. The van der Waals surface area contributed by atoms with Gasteiger partial charge >= 0.3 is 0 Å². The van der Waals surface area contributed by atoms with Gasteiger partial charge in [-0.2, -0.15) is 5.10 Å². The maximum absolute atomic E-state index is 12.2. The van der Waals surface area contributed by atoms with E-state index in [2.05, 4.69) is 5.10 Å². The fourth-order valence-corrected chi connectivity index (χ4v) is 1.71. The van der Waals surface area contributed by atoms with Crippen molar-refractivity contribution >= 4 is 11.6 Å². The van der Waals surface area contributed by atoms with Crippen LogP contribution in [0.3, 0.4) is 0 Å². The molecule has 0 aliphatic rings. The third kappa shape index (κ3) is 2.34. The Balaban J connectivity index is 2.16. The normalized spacial score (nSPS) is 12.1. The molecule has 1 aromatic heterocycles. The van der Waals surface area contributed by atoms with E-state index >= 15 is 0 Å². The van der Waals surface area contributed by atoms with Gasteiger partial charge in [0.25, 0.3) is 5.91 Å². The minimum atomic E-state index is -0.362. The molecule has 1 atom stereocenters. The van der Waals surface area contributed by atoms with Gasteiger partial charge in [-0.1, -0.05) is 0 Å². The first kappa shape index (κ1) is 12.2. The summed E-state index contributed by atoms with van der Waals surface area (Å²) in [5, 5.41) is 13.3. The number of amides is 1. The molecule has 2 rings (SSSR count). The summed E-state index contributed by atoms with van der Waals surface area (Å²) in [5.74, 6) is 0.115. The summed E-state index contributed by atoms with van der Waals surface area (Å²) < 4.78 is 1.61. The topological polar surface area (TPSA) is 58.4 Å². The maximum Gasteiger partial charge on any atom is 0.251 e. The number of phenolic OH excluding ortho intramolecular Hbond substituents is 1. The predicted molar refractivity (Wildman–Crippen MR) is 68.5 cm³/mol. The molecule has 5 heteroatoms. The standard InChI is InChI=1S/C13H15N3O2/c1-10(16-9-3-8-14-16)13(18)15(2)11-4-6-12(17)7-5-11/h3-10,17H,1-2H3. The molecule has 5 nitrogen and oxygen atoms in total. The van der Waals surface area contributed by atoms with Crippen molar-refractivity contribution in [2.75, 3.05) is 11.9 Å². The first-order valence-electron chi connectivity index (χ1n) is 5.65. The molecular weight excluding hydrogens is 230 g/mol. The Morgan fingerprint density at radius 1 is 1.39 bits per heavy atom. The highest BCUT2D eigenvalue weighted by Gasteiger charge is 2.20. The van der Waals surface area contributed by atoms with Crippen molar-refractivity contribution in [3.63, 3.8) is 0 Å². The number of benzene rings is 1. The van der Waals surface area contributed by atoms with E-state index in [9.17, 15) is 9.90 Å². The van der Waals surface area contributed by atoms with Crippen LogP contribution in [0.2, 0.25) is 0 Å². The molecule has 2 aromatic rings. The number of aromatic nitrogens is 2. The van der Waals surface area contributed by atoms with Crippen molar-refractivity contribution in [3.8, 4) is 5.75 Å². The van der Waals surface area contributed by atoms with Crippen molar-refractivity contribution in [3.05, 3.63) is 42.7 Å². The molecule has 94 valence electrons. The number of hydrogen-bond donors (Lipinski definition) is 1. The fourth-order valence-electron chi connectivity index (χ4n) is 1.71. The molecule has 0 saturated heterocycles. The van der Waals surface area contributed by atoms with Crippen LogP contribution in [-0.4, -0.2) is 27.8 Å². The van der Waals surface area contributed by atoms with Gasteiger partial charge in [-0.05, 0) is 37.3 Å². The summed E-state index contributed by atoms with van der Waals surface area (Å²) in [6.07, 6.45) is 3.40. The van der Waals surface area contributed by atoms with Crippen LogP contribution in [0.15, 0.2) is 42.7 Å². The van der Waals surface area contributed by atoms with Crippen LogP contribution in [0, 0.1) is 0 Å². The lowest BCUT2D eigenvalue weighted by Gasteiger charge is -2.21. The van der Waals surface area contributed by atoms with E-state index in [1.165, 1.54) is 0 Å². The lowest BCUT2D eigenvalue weighted by Crippen LogP contribution is -2.33. The van der Waals surface area contributed by atoms with Crippen molar-refractivity contribution < 1.29 is 9.90 Å². The van der Waals surface area contributed by atoms with E-state index < -0.39 is 0 Å². The number of hydrogen-bond acceptors (Lipinski definition) is 3. The maximum atomic E-state index is 12.2. The molecule has 1 amide bonds. The molecule has 0 spiro atoms. The largest absolute Gasteiger partial charge is 0.508 e. The Hall–Kier alpha value is -2.30. The fraction of sp³-hybridized carbons (Fsp3) is 0.231. The highest BCUT2D eigenvalue weighted by atomic mass is 16.3. The molecule has 1 aromatic carbocycles. The van der Waals surface area contributed by atoms with E-state index in [0.29, 0.717) is 0 Å². The van der Waals surface area contributed by atoms with Crippen LogP contribution in [0.5, 0.6) is 5.75 Å². The Bertz CT molecular complexity index is 520. The highest BCUT2D eigenvalue weighted by Crippen LogP contribution is 2.19. The van der Waals surface area contributed by atoms with Gasteiger partial charge in [0.2, 0.25) is 0 Å². The summed E-state index contributed by atoms with van der Waals surface area (Å²) in [4.78, 5) is 13.8. The van der Waals surface area contributed by atoms with E-state index in [-0.39, 0.29) is 17.7 Å². The number of anilines is 1. The van der Waals surface area contributed by atoms with Crippen molar-refractivity contribution in [1.29, 1.82) is 0 Å². The first-order valence-corrected chi connectivity index (χ1v) is 5.65. The Morgan fingerprint density at radius 3 is 2.61 bits per heavy atom. The lowest BCUT2D eigenvalue weighted by molar-refractivity contribution is -0.121. The van der Waals surface area contributed by atoms with Crippen molar-refractivity contribution in [1.82, 2.24) is 9.78 Å². The molecule has 0 saturated carbocycles. The van der Waals surface area contributed by atoms with Crippen LogP contribution < -0.4 is 4.90 Å². The van der Waals surface area contributed by atoms with E-state index in [1.807, 2.05) is 0 Å². The highest BCUT2D eigenvalue weighted by molar-refractivity contribution is 5.95. The van der Waals surface area contributed by atoms with Gasteiger partial charge in [-0.3, -0.25) is 9.48 Å². The zero-order valence-electron chi connectivity index (χ0n) is 10.3. The van der Waals surface area contributed by atoms with Gasteiger partial charge in [0, 0.05) is 25.1 Å². The van der Waals surface area contributed by atoms with Crippen LogP contribution >= 0.6 is 0 Å². The third-order valence-corrected chi connectivity index (χ3v) is 2.85. The summed E-state index contributed by atoms with van der Waals surface area (Å²) in [6.45, 7) is 1.80. The van der Waals surface area contributed by atoms with E-state index in [0.717, 1.165) is 5.69 Å². The first-order chi connectivity index (χ1) is 8.59. The number of carbonyl (C=O) groups excluding carboxylic acids is 1. The zero-order chi connectivity index (χ0) is 13.1. The third-order valence-electron chi connectivity index (χ3n) is 2.85. The second-order valence-corrected chi connectivity index (χ2v) is 4.08. The van der Waals surface area contributed by atoms with Crippen LogP contribution in [0.1, 0.15) is 13.0 Å². The Morgan fingerprint density at radius 2 is 2.06 bits per heavy atom. The number of aromatic hydroxyl groups is 1. The summed E-state index contributed by atoms with van der Waals surface area (Å²) >= 11 is 0. The molecule has 1 unspecified atom stereocenters. The minimum absolute atomic E-state index is 0.0654. The predicted octanol–water partition coefficient (Wildman–Crippen LogP) is 1.81. The molecule has 18 heavy (non-hydrogen) atoms. The monoisotopic (exact) mass is 245 g/mol. The number of phenols is 1. The number of likely N-dealkylation sites (N-methyl/N-ethyl adjacent to an activating group) is 1. The quantitative estimate of drug-likeness (QED) is 0.897. The lowest BCUT2D eigenvalue weighted by atomic mass is 10.2. The second-order valence-electron chi connectivity index (χ2n) is 4.08. The van der Waals surface area contributed by atoms with Gasteiger partial charge in [0.05, 0.1) is 0 Å². The van der Waals surface area contributed by atoms with Crippen molar-refractivity contribution in [2.24, 2.45) is 0 Å². The molecule has 1 heterocycles. The van der Waals surface area contributed by atoms with Crippen LogP contribution in [0.25, 0.3) is 0 Å². The van der Waals surface area contributed by atoms with Gasteiger partial charge in [0.1, 0.15) is 11.8 Å². The zero-order valence-corrected chi connectivity index (χ0v) is 10.3. The Labute approximate surface area is 105 Å². The SMILES string of the molecule is CC(C(=O)N(C)c1ccc(O)cc1)n1cccn1. The van der Waals surface area contributed by atoms with Gasteiger partial charge < -0.3 is 10.0 Å². The van der Waals surface area contributed by atoms with Crippen LogP contribution in [0.4, 0.5) is 5.69 Å². The second kappa shape index (κ2) is 4.91. The summed E-state index contributed by atoms with van der Waals surface area (Å²) in [7, 11) is 1.70. The number of carbonyl (C=O) groups is 1. The Kier molecular flexibility index (Phi) is 3.32. The summed E-state index contributed by atoms with van der Waals surface area (Å²) in [6, 6.07) is 7.92.